The number of nitrogens with zero attached hydrogens (tertiary/aromatic N) is 1. The van der Waals surface area contributed by atoms with Crippen LogP contribution in [-0.2, 0) is 19.8 Å². The molecular formula is C24H32N2O5S. The lowest BCUT2D eigenvalue weighted by Crippen LogP contribution is -2.71. The fraction of sp³-hybridized carbons (Fsp3) is 0.625. The highest BCUT2D eigenvalue weighted by molar-refractivity contribution is 8.01. The normalized spacial score (nSPS) is 27.5. The topological polar surface area (TPSA) is 95.9 Å². The van der Waals surface area contributed by atoms with Crippen LogP contribution in [0.4, 0.5) is 0 Å². The zero-order valence-electron chi connectivity index (χ0n) is 18.9. The number of hydrogen-bond donors (Lipinski definition) is 2. The van der Waals surface area contributed by atoms with E-state index in [1.807, 2.05) is 38.1 Å². The molecular weight excluding hydrogens is 428 g/mol. The van der Waals surface area contributed by atoms with E-state index in [0.717, 1.165) is 37.0 Å². The second-order valence-electron chi connectivity index (χ2n) is 9.54. The standard InChI is InChI=1S/C24H32N2O5S/c1-4-5-14-31-16-11-7-6-10-15(16)24(12-8-9-13-24)22(30)25-17-19(27)26-18(21(28)29)23(2,3)32-20(17)26/h6-7,10-11,17-18,20H,4-5,8-9,12-14H2,1-3H3,(H,25,30)(H,28,29). The molecule has 2 N–H and O–H groups in total. The van der Waals surface area contributed by atoms with Crippen LogP contribution in [0.15, 0.2) is 24.3 Å². The van der Waals surface area contributed by atoms with Crippen LogP contribution in [-0.4, -0.2) is 56.6 Å². The summed E-state index contributed by atoms with van der Waals surface area (Å²) < 4.78 is 5.43. The van der Waals surface area contributed by atoms with Gasteiger partial charge >= 0.3 is 5.97 Å². The first-order valence-corrected chi connectivity index (χ1v) is 12.4. The van der Waals surface area contributed by atoms with Crippen LogP contribution < -0.4 is 10.1 Å². The monoisotopic (exact) mass is 460 g/mol. The smallest absolute Gasteiger partial charge is 0.327 e. The number of benzene rings is 1. The average molecular weight is 461 g/mol. The van der Waals surface area contributed by atoms with E-state index in [4.69, 9.17) is 4.74 Å². The molecule has 0 bridgehead atoms. The van der Waals surface area contributed by atoms with Gasteiger partial charge in [-0.1, -0.05) is 44.4 Å². The van der Waals surface area contributed by atoms with Gasteiger partial charge in [0.15, 0.2) is 0 Å². The van der Waals surface area contributed by atoms with E-state index in [1.54, 1.807) is 0 Å². The molecule has 0 spiro atoms. The molecule has 4 rings (SSSR count). The minimum absolute atomic E-state index is 0.156. The molecule has 3 unspecified atom stereocenters. The Morgan fingerprint density at radius 2 is 1.94 bits per heavy atom. The first-order valence-electron chi connectivity index (χ1n) is 11.5. The van der Waals surface area contributed by atoms with E-state index in [2.05, 4.69) is 12.2 Å². The number of carboxylic acid groups (broad SMARTS) is 1. The zero-order valence-corrected chi connectivity index (χ0v) is 19.7. The van der Waals surface area contributed by atoms with Gasteiger partial charge in [0.05, 0.1) is 12.0 Å². The summed E-state index contributed by atoms with van der Waals surface area (Å²) in [6.45, 7) is 6.38. The lowest BCUT2D eigenvalue weighted by atomic mass is 9.77. The van der Waals surface area contributed by atoms with Gasteiger partial charge in [0.2, 0.25) is 11.8 Å². The molecule has 32 heavy (non-hydrogen) atoms. The number of carboxylic acids is 1. The highest BCUT2D eigenvalue weighted by Crippen LogP contribution is 2.51. The lowest BCUT2D eigenvalue weighted by Gasteiger charge is -2.45. The zero-order chi connectivity index (χ0) is 23.1. The highest BCUT2D eigenvalue weighted by atomic mass is 32.2. The lowest BCUT2D eigenvalue weighted by molar-refractivity contribution is -0.161. The fourth-order valence-corrected chi connectivity index (χ4v) is 6.96. The molecule has 0 radical (unpaired) electrons. The number of aliphatic carboxylic acids is 1. The number of fused-ring (bicyclic) bond motifs is 1. The quantitative estimate of drug-likeness (QED) is 0.456. The van der Waals surface area contributed by atoms with Gasteiger partial charge in [0, 0.05) is 10.3 Å². The van der Waals surface area contributed by atoms with Crippen LogP contribution in [0.2, 0.25) is 0 Å². The number of rotatable bonds is 8. The van der Waals surface area contributed by atoms with Crippen molar-refractivity contribution in [1.29, 1.82) is 0 Å². The van der Waals surface area contributed by atoms with Gasteiger partial charge in [-0.3, -0.25) is 9.59 Å². The van der Waals surface area contributed by atoms with E-state index in [9.17, 15) is 19.5 Å². The first-order chi connectivity index (χ1) is 15.2. The number of hydrogen-bond acceptors (Lipinski definition) is 5. The van der Waals surface area contributed by atoms with E-state index in [1.165, 1.54) is 16.7 Å². The molecule has 1 aromatic rings. The van der Waals surface area contributed by atoms with Crippen LogP contribution in [0.3, 0.4) is 0 Å². The SMILES string of the molecule is CCCCOc1ccccc1C1(C(=O)NC2C(=O)N3C2SC(C)(C)C3C(=O)O)CCCC1. The molecule has 2 saturated heterocycles. The molecule has 1 saturated carbocycles. The number of unbranched alkanes of at least 4 members (excludes halogenated alkanes) is 1. The molecule has 8 heteroatoms. The van der Waals surface area contributed by atoms with Crippen molar-refractivity contribution in [3.8, 4) is 5.75 Å². The van der Waals surface area contributed by atoms with Crippen molar-refractivity contribution in [2.24, 2.45) is 0 Å². The van der Waals surface area contributed by atoms with Gasteiger partial charge in [0.1, 0.15) is 23.2 Å². The summed E-state index contributed by atoms with van der Waals surface area (Å²) in [4.78, 5) is 39.8. The Morgan fingerprint density at radius 3 is 2.59 bits per heavy atom. The van der Waals surface area contributed by atoms with Crippen molar-refractivity contribution in [3.05, 3.63) is 29.8 Å². The summed E-state index contributed by atoms with van der Waals surface area (Å²) in [5, 5.41) is 12.3. The van der Waals surface area contributed by atoms with Crippen molar-refractivity contribution < 1.29 is 24.2 Å². The molecule has 174 valence electrons. The third-order valence-corrected chi connectivity index (χ3v) is 8.58. The maximum Gasteiger partial charge on any atom is 0.327 e. The van der Waals surface area contributed by atoms with E-state index in [-0.39, 0.29) is 17.2 Å². The van der Waals surface area contributed by atoms with Gasteiger partial charge in [-0.15, -0.1) is 11.8 Å². The molecule has 3 atom stereocenters. The van der Waals surface area contributed by atoms with E-state index in [0.29, 0.717) is 19.4 Å². The number of amides is 2. The number of carbonyl (C=O) groups excluding carboxylic acids is 2. The molecule has 2 heterocycles. The Labute approximate surface area is 193 Å². The minimum atomic E-state index is -1.01. The van der Waals surface area contributed by atoms with Crippen LogP contribution in [0.1, 0.15) is 64.9 Å². The highest BCUT2D eigenvalue weighted by Gasteiger charge is 2.64. The van der Waals surface area contributed by atoms with Gasteiger partial charge < -0.3 is 20.1 Å². The second-order valence-corrected chi connectivity index (χ2v) is 11.3. The largest absolute Gasteiger partial charge is 0.493 e. The minimum Gasteiger partial charge on any atom is -0.493 e. The summed E-state index contributed by atoms with van der Waals surface area (Å²) in [6.07, 6.45) is 5.26. The van der Waals surface area contributed by atoms with Gasteiger partial charge in [-0.25, -0.2) is 4.79 Å². The Bertz CT molecular complexity index is 911. The van der Waals surface area contributed by atoms with Crippen LogP contribution in [0.25, 0.3) is 0 Å². The number of carbonyl (C=O) groups is 3. The molecule has 3 aliphatic rings. The summed E-state index contributed by atoms with van der Waals surface area (Å²) in [5.41, 5.74) is 0.159. The third kappa shape index (κ3) is 3.66. The fourth-order valence-electron chi connectivity index (χ4n) is 5.34. The summed E-state index contributed by atoms with van der Waals surface area (Å²) in [5.74, 6) is -0.735. The third-order valence-electron chi connectivity index (χ3n) is 7.01. The van der Waals surface area contributed by atoms with Crippen molar-refractivity contribution >= 4 is 29.5 Å². The summed E-state index contributed by atoms with van der Waals surface area (Å²) >= 11 is 1.45. The number of para-hydroxylation sites is 1. The predicted molar refractivity (Wildman–Crippen MR) is 123 cm³/mol. The van der Waals surface area contributed by atoms with Crippen LogP contribution in [0.5, 0.6) is 5.75 Å². The number of nitrogens with one attached hydrogen (secondary N) is 1. The average Bonchev–Trinajstić information content (AvgIpc) is 3.34. The maximum atomic E-state index is 13.7. The molecule has 1 aliphatic carbocycles. The number of thioether (sulfide) groups is 1. The molecule has 2 amide bonds. The van der Waals surface area contributed by atoms with Crippen LogP contribution in [0, 0.1) is 0 Å². The molecule has 3 fully saturated rings. The Morgan fingerprint density at radius 1 is 1.25 bits per heavy atom. The van der Waals surface area contributed by atoms with E-state index < -0.39 is 28.2 Å². The van der Waals surface area contributed by atoms with Crippen molar-refractivity contribution in [1.82, 2.24) is 10.2 Å². The van der Waals surface area contributed by atoms with Gasteiger partial charge in [-0.05, 0) is 39.2 Å². The van der Waals surface area contributed by atoms with Crippen molar-refractivity contribution in [2.45, 2.75) is 86.9 Å². The Balaban J connectivity index is 1.56. The molecule has 0 aromatic heterocycles. The maximum absolute atomic E-state index is 13.7. The molecule has 1 aromatic carbocycles. The van der Waals surface area contributed by atoms with Crippen molar-refractivity contribution in [2.75, 3.05) is 6.61 Å². The second kappa shape index (κ2) is 8.61. The predicted octanol–water partition coefficient (Wildman–Crippen LogP) is 3.31. The Kier molecular flexibility index (Phi) is 6.18. The first kappa shape index (κ1) is 23.0. The molecule has 2 aliphatic heterocycles. The van der Waals surface area contributed by atoms with Crippen LogP contribution >= 0.6 is 11.8 Å². The summed E-state index contributed by atoms with van der Waals surface area (Å²) in [7, 11) is 0. The number of ether oxygens (including phenoxy) is 1. The van der Waals surface area contributed by atoms with Crippen molar-refractivity contribution in [3.63, 3.8) is 0 Å². The Hall–Kier alpha value is -2.22. The van der Waals surface area contributed by atoms with E-state index >= 15 is 0 Å². The summed E-state index contributed by atoms with van der Waals surface area (Å²) in [6, 6.07) is 6.16. The molecule has 7 nitrogen and oxygen atoms in total. The van der Waals surface area contributed by atoms with Gasteiger partial charge in [-0.2, -0.15) is 0 Å². The van der Waals surface area contributed by atoms with Gasteiger partial charge in [0.25, 0.3) is 0 Å². The number of β-lactam (4-membered cyclic amide) rings is 1.